The molecule has 0 radical (unpaired) electrons. The molecule has 2 aliphatic carbocycles. The number of carbonyl (C=O) groups excluding carboxylic acids is 1. The van der Waals surface area contributed by atoms with Gasteiger partial charge in [0.15, 0.2) is 0 Å². The highest BCUT2D eigenvalue weighted by Gasteiger charge is 2.42. The second-order valence-corrected chi connectivity index (χ2v) is 16.0. The molecular formula is C51H46O3. The number of rotatable bonds is 7. The average molecular weight is 707 g/mol. The van der Waals surface area contributed by atoms with Crippen LogP contribution in [0.2, 0.25) is 0 Å². The summed E-state index contributed by atoms with van der Waals surface area (Å²) >= 11 is 0. The summed E-state index contributed by atoms with van der Waals surface area (Å²) in [6, 6.07) is 44.3. The van der Waals surface area contributed by atoms with E-state index in [4.69, 9.17) is 9.47 Å². The smallest absolute Gasteiger partial charge is 0.338 e. The van der Waals surface area contributed by atoms with Crippen molar-refractivity contribution in [3.63, 3.8) is 0 Å². The lowest BCUT2D eigenvalue weighted by Crippen LogP contribution is -2.17. The molecule has 1 atom stereocenters. The Hall–Kier alpha value is -5.51. The van der Waals surface area contributed by atoms with E-state index < -0.39 is 0 Å². The lowest BCUT2D eigenvalue weighted by atomic mass is 9.78. The zero-order valence-electron chi connectivity index (χ0n) is 32.3. The van der Waals surface area contributed by atoms with Crippen LogP contribution in [0.15, 0.2) is 121 Å². The molecule has 7 aromatic rings. The van der Waals surface area contributed by atoms with Crippen molar-refractivity contribution >= 4 is 27.5 Å². The highest BCUT2D eigenvalue weighted by atomic mass is 16.5. The molecular weight excluding hydrogens is 661 g/mol. The van der Waals surface area contributed by atoms with Gasteiger partial charge < -0.3 is 9.47 Å². The minimum Gasteiger partial charge on any atom is -0.462 e. The lowest BCUT2D eigenvalue weighted by Gasteiger charge is -2.25. The van der Waals surface area contributed by atoms with E-state index in [1.165, 1.54) is 72.0 Å². The molecule has 3 nitrogen and oxygen atoms in total. The fourth-order valence-electron chi connectivity index (χ4n) is 9.52. The third kappa shape index (κ3) is 5.02. The van der Waals surface area contributed by atoms with Crippen molar-refractivity contribution < 1.29 is 14.3 Å². The van der Waals surface area contributed by atoms with Crippen LogP contribution in [0.3, 0.4) is 0 Å². The maximum absolute atomic E-state index is 13.3. The van der Waals surface area contributed by atoms with Gasteiger partial charge in [0.25, 0.3) is 0 Å². The van der Waals surface area contributed by atoms with Crippen LogP contribution in [-0.2, 0) is 20.3 Å². The minimum atomic E-state index is -0.290. The summed E-state index contributed by atoms with van der Waals surface area (Å²) in [5.41, 5.74) is 16.4. The predicted octanol–water partition coefficient (Wildman–Crippen LogP) is 13.2. The highest BCUT2D eigenvalue weighted by Crippen LogP contribution is 2.57. The number of fused-ring (bicyclic) bond motifs is 8. The van der Waals surface area contributed by atoms with E-state index in [1.54, 1.807) is 0 Å². The summed E-state index contributed by atoms with van der Waals surface area (Å²) in [5, 5.41) is 4.64. The first kappa shape index (κ1) is 34.3. The first-order valence-corrected chi connectivity index (χ1v) is 19.4. The molecule has 54 heavy (non-hydrogen) atoms. The summed E-state index contributed by atoms with van der Waals surface area (Å²) in [6.45, 7) is 16.5. The first-order valence-electron chi connectivity index (χ1n) is 19.4. The largest absolute Gasteiger partial charge is 0.462 e. The monoisotopic (exact) mass is 706 g/mol. The second kappa shape index (κ2) is 12.5. The predicted molar refractivity (Wildman–Crippen MR) is 223 cm³/mol. The molecule has 2 aliphatic rings. The molecule has 1 unspecified atom stereocenters. The van der Waals surface area contributed by atoms with Crippen molar-refractivity contribution in [3.8, 4) is 44.5 Å². The fourth-order valence-corrected chi connectivity index (χ4v) is 9.52. The molecule has 7 aromatic carbocycles. The Morgan fingerprint density at radius 2 is 1.06 bits per heavy atom. The summed E-state index contributed by atoms with van der Waals surface area (Å²) in [7, 11) is 0. The molecule has 0 saturated heterocycles. The van der Waals surface area contributed by atoms with Gasteiger partial charge in [0.2, 0.25) is 0 Å². The van der Waals surface area contributed by atoms with Gasteiger partial charge in [0.05, 0.1) is 18.3 Å². The fraction of sp³-hybridized carbons (Fsp3) is 0.235. The topological polar surface area (TPSA) is 35.5 Å². The van der Waals surface area contributed by atoms with Crippen LogP contribution >= 0.6 is 0 Å². The lowest BCUT2D eigenvalue weighted by molar-refractivity contribution is 0.0527. The number of benzene rings is 7. The summed E-state index contributed by atoms with van der Waals surface area (Å²) in [5.74, 6) is -0.290. The molecule has 0 saturated carbocycles. The highest BCUT2D eigenvalue weighted by molar-refractivity contribution is 6.09. The molecule has 0 amide bonds. The van der Waals surface area contributed by atoms with Crippen molar-refractivity contribution in [1.29, 1.82) is 0 Å². The van der Waals surface area contributed by atoms with Crippen molar-refractivity contribution in [2.75, 3.05) is 13.2 Å². The second-order valence-electron chi connectivity index (χ2n) is 16.0. The normalized spacial score (nSPS) is 15.1. The van der Waals surface area contributed by atoms with Gasteiger partial charge in [-0.15, -0.1) is 0 Å². The van der Waals surface area contributed by atoms with Crippen molar-refractivity contribution in [3.05, 3.63) is 155 Å². The van der Waals surface area contributed by atoms with Gasteiger partial charge in [-0.2, -0.15) is 0 Å². The summed E-state index contributed by atoms with van der Waals surface area (Å²) in [6.07, 6.45) is -0.0174. The Bertz CT molecular complexity index is 2680. The van der Waals surface area contributed by atoms with E-state index >= 15 is 0 Å². The number of esters is 1. The van der Waals surface area contributed by atoms with Gasteiger partial charge in [0, 0.05) is 23.0 Å². The van der Waals surface area contributed by atoms with Gasteiger partial charge in [-0.1, -0.05) is 119 Å². The maximum Gasteiger partial charge on any atom is 0.338 e. The van der Waals surface area contributed by atoms with Gasteiger partial charge in [-0.3, -0.25) is 0 Å². The van der Waals surface area contributed by atoms with Crippen LogP contribution in [0, 0.1) is 0 Å². The molecule has 0 spiro atoms. The maximum atomic E-state index is 13.3. The van der Waals surface area contributed by atoms with Gasteiger partial charge in [-0.25, -0.2) is 4.79 Å². The molecule has 9 rings (SSSR count). The third-order valence-electron chi connectivity index (χ3n) is 12.3. The third-order valence-corrected chi connectivity index (χ3v) is 12.3. The van der Waals surface area contributed by atoms with Crippen molar-refractivity contribution in [2.24, 2.45) is 0 Å². The molecule has 0 N–H and O–H groups in total. The SMILES string of the molecule is CCOC(=O)c1ccc2ccccc2c1-c1ccc2c(c1)C(C)(C)c1cc3c(cc1-2)C(C)(C)c1cc(-c2c(C(C)OCC)ccc4ccccc24)ccc1-3. The number of hydrogen-bond acceptors (Lipinski definition) is 3. The number of ether oxygens (including phenoxy) is 2. The zero-order valence-corrected chi connectivity index (χ0v) is 32.3. The van der Waals surface area contributed by atoms with Gasteiger partial charge >= 0.3 is 5.97 Å². The van der Waals surface area contributed by atoms with Crippen LogP contribution in [0.25, 0.3) is 66.1 Å². The Morgan fingerprint density at radius 1 is 0.556 bits per heavy atom. The number of carbonyl (C=O) groups is 1. The standard InChI is InChI=1S/C51H46O3/c1-8-53-30(3)35-22-18-31-14-10-12-16-36(31)47(35)33-20-23-38-41-28-46-42(29-45(41)50(4,5)43(38)26-33)39-24-21-34(27-44(39)51(46,6)7)48-37-17-13-11-15-32(37)19-25-40(48)49(52)54-9-2/h10-30H,8-9H2,1-7H3. The first-order chi connectivity index (χ1) is 26.0. The van der Waals surface area contributed by atoms with E-state index in [9.17, 15) is 4.79 Å². The Labute approximate surface area is 318 Å². The van der Waals surface area contributed by atoms with E-state index in [1.807, 2.05) is 31.2 Å². The van der Waals surface area contributed by atoms with Crippen LogP contribution in [0.4, 0.5) is 0 Å². The van der Waals surface area contributed by atoms with Crippen molar-refractivity contribution in [1.82, 2.24) is 0 Å². The van der Waals surface area contributed by atoms with E-state index in [0.717, 1.165) is 21.9 Å². The van der Waals surface area contributed by atoms with Crippen LogP contribution in [0.5, 0.6) is 0 Å². The molecule has 3 heteroatoms. The summed E-state index contributed by atoms with van der Waals surface area (Å²) in [4.78, 5) is 13.3. The molecule has 0 bridgehead atoms. The van der Waals surface area contributed by atoms with Crippen LogP contribution < -0.4 is 0 Å². The molecule has 0 aliphatic heterocycles. The van der Waals surface area contributed by atoms with Crippen LogP contribution in [0.1, 0.15) is 92.7 Å². The molecule has 268 valence electrons. The van der Waals surface area contributed by atoms with Crippen molar-refractivity contribution in [2.45, 2.75) is 65.4 Å². The van der Waals surface area contributed by atoms with Gasteiger partial charge in [0.1, 0.15) is 0 Å². The minimum absolute atomic E-state index is 0.0174. The average Bonchev–Trinajstić information content (AvgIpc) is 3.54. The Kier molecular flexibility index (Phi) is 7.95. The quantitative estimate of drug-likeness (QED) is 0.155. The number of hydrogen-bond donors (Lipinski definition) is 0. The molecule has 0 fully saturated rings. The van der Waals surface area contributed by atoms with Gasteiger partial charge in [-0.05, 0) is 139 Å². The molecule has 0 heterocycles. The summed E-state index contributed by atoms with van der Waals surface area (Å²) < 4.78 is 11.7. The van der Waals surface area contributed by atoms with E-state index in [2.05, 4.69) is 139 Å². The zero-order chi connectivity index (χ0) is 37.5. The van der Waals surface area contributed by atoms with Crippen LogP contribution in [-0.4, -0.2) is 19.2 Å². The van der Waals surface area contributed by atoms with E-state index in [-0.39, 0.29) is 22.9 Å². The Morgan fingerprint density at radius 3 is 1.61 bits per heavy atom. The molecule has 0 aromatic heterocycles. The van der Waals surface area contributed by atoms with E-state index in [0.29, 0.717) is 18.8 Å². The Balaban J connectivity index is 1.17.